The third-order valence-corrected chi connectivity index (χ3v) is 8.30. The number of hydrogen-bond acceptors (Lipinski definition) is 8. The van der Waals surface area contributed by atoms with Crippen molar-refractivity contribution in [3.05, 3.63) is 34.1 Å². The quantitative estimate of drug-likeness (QED) is 0.427. The van der Waals surface area contributed by atoms with Gasteiger partial charge in [-0.25, -0.2) is 0 Å². The number of amides is 2. The molecule has 2 fully saturated rings. The molecule has 0 aromatic carbocycles. The van der Waals surface area contributed by atoms with Crippen LogP contribution < -0.4 is 16.0 Å². The van der Waals surface area contributed by atoms with E-state index in [0.717, 1.165) is 49.0 Å². The Morgan fingerprint density at radius 2 is 2.08 bits per heavy atom. The van der Waals surface area contributed by atoms with Crippen LogP contribution in [0.5, 0.6) is 0 Å². The monoisotopic (exact) mass is 505 g/mol. The second-order valence-electron chi connectivity index (χ2n) is 9.86. The first-order valence-electron chi connectivity index (χ1n) is 12.3. The van der Waals surface area contributed by atoms with E-state index < -0.39 is 0 Å². The van der Waals surface area contributed by atoms with Gasteiger partial charge >= 0.3 is 0 Å². The molecule has 3 aliphatic rings. The number of nitrogens with zero attached hydrogens (tertiary/aromatic N) is 6. The Labute approximate surface area is 211 Å². The van der Waals surface area contributed by atoms with Crippen molar-refractivity contribution in [2.75, 3.05) is 17.2 Å². The number of thiophene rings is 1. The van der Waals surface area contributed by atoms with E-state index in [1.807, 2.05) is 10.6 Å². The highest BCUT2D eigenvalue weighted by molar-refractivity contribution is 7.17. The first kappa shape index (κ1) is 22.7. The number of nitriles is 1. The highest BCUT2D eigenvalue weighted by atomic mass is 32.1. The summed E-state index contributed by atoms with van der Waals surface area (Å²) in [7, 11) is 1.76. The lowest BCUT2D eigenvalue weighted by atomic mass is 9.91. The van der Waals surface area contributed by atoms with Gasteiger partial charge in [-0.3, -0.25) is 18.8 Å². The van der Waals surface area contributed by atoms with Crippen LogP contribution >= 0.6 is 11.3 Å². The second-order valence-corrected chi connectivity index (χ2v) is 11.0. The van der Waals surface area contributed by atoms with Gasteiger partial charge in [-0.15, -0.1) is 21.5 Å². The molecule has 1 atom stereocenters. The number of aromatic nitrogens is 5. The number of rotatable bonds is 8. The van der Waals surface area contributed by atoms with E-state index in [1.165, 1.54) is 11.3 Å². The average molecular weight is 506 g/mol. The van der Waals surface area contributed by atoms with Gasteiger partial charge in [0.2, 0.25) is 11.9 Å². The molecule has 2 amide bonds. The molecule has 0 aliphatic heterocycles. The van der Waals surface area contributed by atoms with E-state index in [1.54, 1.807) is 24.1 Å². The van der Waals surface area contributed by atoms with Crippen LogP contribution in [0.25, 0.3) is 0 Å². The first-order chi connectivity index (χ1) is 17.5. The second kappa shape index (κ2) is 9.05. The molecule has 3 heterocycles. The van der Waals surface area contributed by atoms with E-state index in [-0.39, 0.29) is 23.8 Å². The molecule has 3 aromatic heterocycles. The zero-order valence-corrected chi connectivity index (χ0v) is 20.8. The number of carbonyl (C=O) groups is 2. The molecular formula is C24H27N9O2S. The minimum absolute atomic E-state index is 0.0135. The van der Waals surface area contributed by atoms with Gasteiger partial charge in [-0.05, 0) is 56.4 Å². The van der Waals surface area contributed by atoms with Gasteiger partial charge in [0.25, 0.3) is 5.91 Å². The van der Waals surface area contributed by atoms with E-state index in [9.17, 15) is 9.59 Å². The smallest absolute Gasteiger partial charge is 0.254 e. The number of carbonyl (C=O) groups excluding carboxylic acids is 2. The van der Waals surface area contributed by atoms with Crippen LogP contribution in [0.3, 0.4) is 0 Å². The van der Waals surface area contributed by atoms with Crippen LogP contribution in [0, 0.1) is 23.2 Å². The maximum Gasteiger partial charge on any atom is 0.254 e. The lowest BCUT2D eigenvalue weighted by Crippen LogP contribution is -2.28. The summed E-state index contributed by atoms with van der Waals surface area (Å²) < 4.78 is 3.57. The lowest BCUT2D eigenvalue weighted by Gasteiger charge is -2.25. The van der Waals surface area contributed by atoms with Gasteiger partial charge < -0.3 is 16.0 Å². The van der Waals surface area contributed by atoms with E-state index in [0.29, 0.717) is 46.9 Å². The Morgan fingerprint density at radius 3 is 2.81 bits per heavy atom. The number of nitrogens with one attached hydrogen (secondary N) is 3. The third-order valence-electron chi connectivity index (χ3n) is 7.10. The number of aryl methyl sites for hydroxylation is 2. The molecule has 36 heavy (non-hydrogen) atoms. The average Bonchev–Trinajstić information content (AvgIpc) is 3.78. The summed E-state index contributed by atoms with van der Waals surface area (Å²) in [6.45, 7) is 0.678. The molecule has 186 valence electrons. The molecular weight excluding hydrogens is 478 g/mol. The normalized spacial score (nSPS) is 18.8. The first-order valence-corrected chi connectivity index (χ1v) is 13.2. The number of hydrogen-bond donors (Lipinski definition) is 3. The maximum absolute atomic E-state index is 13.3. The van der Waals surface area contributed by atoms with Crippen LogP contribution in [-0.4, -0.2) is 42.9 Å². The van der Waals surface area contributed by atoms with Crippen LogP contribution in [0.2, 0.25) is 0 Å². The summed E-state index contributed by atoms with van der Waals surface area (Å²) in [5, 5.41) is 31.7. The topological polar surface area (TPSA) is 143 Å². The van der Waals surface area contributed by atoms with Gasteiger partial charge in [0, 0.05) is 36.5 Å². The molecule has 0 bridgehead atoms. The molecule has 2 saturated carbocycles. The molecule has 6 rings (SSSR count). The minimum atomic E-state index is -0.104. The molecule has 11 nitrogen and oxygen atoms in total. The standard InChI is InChI=1S/C24H27N9O2S/c1-32-19(8-15(10-25)31-32)28-24-30-27-12-33(24)16-6-7-18-17(9-16)20(22(35)26-11-13-2-3-13)23(36-18)29-21(34)14-4-5-14/h8,12-14,16H,2-7,9,11H2,1H3,(H,26,35)(H,28,30)(H,29,34)/t16-/m0/s1. The van der Waals surface area contributed by atoms with Gasteiger partial charge in [0.05, 0.1) is 5.56 Å². The molecule has 12 heteroatoms. The summed E-state index contributed by atoms with van der Waals surface area (Å²) in [5.41, 5.74) is 1.93. The number of fused-ring (bicyclic) bond motifs is 1. The van der Waals surface area contributed by atoms with Crippen molar-refractivity contribution in [3.63, 3.8) is 0 Å². The summed E-state index contributed by atoms with van der Waals surface area (Å²) >= 11 is 1.54. The molecule has 3 aromatic rings. The van der Waals surface area contributed by atoms with Crippen molar-refractivity contribution in [1.29, 1.82) is 5.26 Å². The zero-order valence-electron chi connectivity index (χ0n) is 20.0. The predicted octanol–water partition coefficient (Wildman–Crippen LogP) is 2.91. The number of anilines is 3. The SMILES string of the molecule is Cn1nc(C#N)cc1Nc1nncn1[C@H]1CCc2sc(NC(=O)C3CC3)c(C(=O)NCC3CC3)c2C1. The Balaban J connectivity index is 1.27. The van der Waals surface area contributed by atoms with Crippen LogP contribution in [-0.2, 0) is 24.7 Å². The Hall–Kier alpha value is -3.72. The Bertz CT molecular complexity index is 1370. The summed E-state index contributed by atoms with van der Waals surface area (Å²) in [4.78, 5) is 27.1. The highest BCUT2D eigenvalue weighted by Gasteiger charge is 2.35. The fraction of sp³-hybridized carbons (Fsp3) is 0.500. The van der Waals surface area contributed by atoms with E-state index >= 15 is 0 Å². The fourth-order valence-electron chi connectivity index (χ4n) is 4.69. The predicted molar refractivity (Wildman–Crippen MR) is 133 cm³/mol. The molecule has 0 spiro atoms. The van der Waals surface area contributed by atoms with E-state index in [4.69, 9.17) is 5.26 Å². The molecule has 3 N–H and O–H groups in total. The summed E-state index contributed by atoms with van der Waals surface area (Å²) in [6.07, 6.45) is 8.13. The molecule has 0 saturated heterocycles. The lowest BCUT2D eigenvalue weighted by molar-refractivity contribution is -0.117. The van der Waals surface area contributed by atoms with Crippen molar-refractivity contribution in [2.24, 2.45) is 18.9 Å². The van der Waals surface area contributed by atoms with Crippen molar-refractivity contribution >= 4 is 39.9 Å². The molecule has 0 radical (unpaired) electrons. The summed E-state index contributed by atoms with van der Waals surface area (Å²) in [5.74, 6) is 1.73. The Kier molecular flexibility index (Phi) is 5.72. The highest BCUT2D eigenvalue weighted by Crippen LogP contribution is 2.43. The zero-order chi connectivity index (χ0) is 24.8. The van der Waals surface area contributed by atoms with Gasteiger partial charge in [-0.2, -0.15) is 10.4 Å². The maximum atomic E-state index is 13.3. The largest absolute Gasteiger partial charge is 0.352 e. The van der Waals surface area contributed by atoms with Crippen molar-refractivity contribution in [3.8, 4) is 6.07 Å². The summed E-state index contributed by atoms with van der Waals surface area (Å²) in [6, 6.07) is 3.74. The van der Waals surface area contributed by atoms with Crippen molar-refractivity contribution in [2.45, 2.75) is 51.0 Å². The third kappa shape index (κ3) is 4.46. The Morgan fingerprint density at radius 1 is 1.25 bits per heavy atom. The van der Waals surface area contributed by atoms with Crippen LogP contribution in [0.15, 0.2) is 12.4 Å². The minimum Gasteiger partial charge on any atom is -0.352 e. The van der Waals surface area contributed by atoms with Crippen LogP contribution in [0.1, 0.15) is 64.6 Å². The fourth-order valence-corrected chi connectivity index (χ4v) is 5.94. The molecule has 0 unspecified atom stereocenters. The van der Waals surface area contributed by atoms with Crippen molar-refractivity contribution in [1.82, 2.24) is 29.9 Å². The van der Waals surface area contributed by atoms with E-state index in [2.05, 4.69) is 31.2 Å². The van der Waals surface area contributed by atoms with Gasteiger partial charge in [-0.1, -0.05) is 0 Å². The van der Waals surface area contributed by atoms with Gasteiger partial charge in [0.15, 0.2) is 5.69 Å². The van der Waals surface area contributed by atoms with Crippen LogP contribution in [0.4, 0.5) is 16.8 Å². The van der Waals surface area contributed by atoms with Gasteiger partial charge in [0.1, 0.15) is 23.2 Å². The molecule has 3 aliphatic carbocycles. The van der Waals surface area contributed by atoms with Crippen molar-refractivity contribution < 1.29 is 9.59 Å².